The van der Waals surface area contributed by atoms with Gasteiger partial charge in [0.15, 0.2) is 5.76 Å². The van der Waals surface area contributed by atoms with Gasteiger partial charge in [0, 0.05) is 5.92 Å². The first-order valence-corrected chi connectivity index (χ1v) is 5.52. The number of furan rings is 1. The van der Waals surface area contributed by atoms with Gasteiger partial charge in [0.1, 0.15) is 0 Å². The van der Waals surface area contributed by atoms with Crippen molar-refractivity contribution >= 4 is 11.8 Å². The van der Waals surface area contributed by atoms with Crippen molar-refractivity contribution in [2.45, 2.75) is 12.8 Å². The zero-order valence-electron chi connectivity index (χ0n) is 9.79. The molecule has 0 aliphatic carbocycles. The summed E-state index contributed by atoms with van der Waals surface area (Å²) in [6.45, 7) is 1.76. The lowest BCUT2D eigenvalue weighted by molar-refractivity contribution is 0.0659. The Morgan fingerprint density at radius 2 is 1.67 bits per heavy atom. The lowest BCUT2D eigenvalue weighted by atomic mass is 9.95. The van der Waals surface area contributed by atoms with Crippen molar-refractivity contribution in [1.82, 2.24) is 0 Å². The Labute approximate surface area is 104 Å². The van der Waals surface area contributed by atoms with E-state index >= 15 is 0 Å². The van der Waals surface area contributed by atoms with E-state index in [4.69, 9.17) is 9.52 Å². The van der Waals surface area contributed by atoms with Crippen molar-refractivity contribution in [3.63, 3.8) is 0 Å². The van der Waals surface area contributed by atoms with E-state index in [0.29, 0.717) is 0 Å². The molecule has 0 aliphatic heterocycles. The topological polar surface area (TPSA) is 67.5 Å². The standard InChI is InChI=1S/C14H12O4/c1-9(10-5-3-2-4-6-10)13(15)11-7-8-12(18-11)14(16)17/h2-9H,1H3,(H,16,17). The van der Waals surface area contributed by atoms with E-state index in [1.165, 1.54) is 12.1 Å². The molecule has 0 radical (unpaired) electrons. The summed E-state index contributed by atoms with van der Waals surface area (Å²) >= 11 is 0. The van der Waals surface area contributed by atoms with Crippen LogP contribution in [0.15, 0.2) is 46.9 Å². The first-order chi connectivity index (χ1) is 8.59. The maximum absolute atomic E-state index is 12.1. The molecule has 4 heteroatoms. The van der Waals surface area contributed by atoms with Crippen LogP contribution < -0.4 is 0 Å². The Morgan fingerprint density at radius 1 is 1.06 bits per heavy atom. The molecule has 1 aromatic carbocycles. The second-order valence-electron chi connectivity index (χ2n) is 3.97. The maximum atomic E-state index is 12.1. The number of ketones is 1. The summed E-state index contributed by atoms with van der Waals surface area (Å²) in [6, 6.07) is 12.0. The van der Waals surface area contributed by atoms with Gasteiger partial charge >= 0.3 is 5.97 Å². The number of carboxylic acids is 1. The van der Waals surface area contributed by atoms with Gasteiger partial charge in [0.2, 0.25) is 11.5 Å². The van der Waals surface area contributed by atoms with Crippen LogP contribution in [0.2, 0.25) is 0 Å². The highest BCUT2D eigenvalue weighted by Gasteiger charge is 2.21. The van der Waals surface area contributed by atoms with Gasteiger partial charge in [-0.15, -0.1) is 0 Å². The van der Waals surface area contributed by atoms with Crippen LogP contribution >= 0.6 is 0 Å². The lowest BCUT2D eigenvalue weighted by Gasteiger charge is -2.08. The summed E-state index contributed by atoms with van der Waals surface area (Å²) < 4.78 is 5.00. The van der Waals surface area contributed by atoms with Gasteiger partial charge in [-0.1, -0.05) is 37.3 Å². The fourth-order valence-corrected chi connectivity index (χ4v) is 1.69. The summed E-state index contributed by atoms with van der Waals surface area (Å²) in [5.41, 5.74) is 0.871. The summed E-state index contributed by atoms with van der Waals surface area (Å²) in [4.78, 5) is 22.8. The van der Waals surface area contributed by atoms with Crippen LogP contribution in [0.1, 0.15) is 39.5 Å². The Balaban J connectivity index is 2.23. The Kier molecular flexibility index (Phi) is 3.28. The molecule has 92 valence electrons. The normalized spacial score (nSPS) is 12.1. The molecule has 0 spiro atoms. The minimum atomic E-state index is -1.18. The first kappa shape index (κ1) is 12.1. The molecule has 4 nitrogen and oxygen atoms in total. The van der Waals surface area contributed by atoms with E-state index in [1.54, 1.807) is 6.92 Å². The summed E-state index contributed by atoms with van der Waals surface area (Å²) in [5.74, 6) is -1.92. The van der Waals surface area contributed by atoms with Crippen LogP contribution in [0, 0.1) is 0 Å². The fourth-order valence-electron chi connectivity index (χ4n) is 1.69. The third-order valence-electron chi connectivity index (χ3n) is 2.75. The van der Waals surface area contributed by atoms with E-state index < -0.39 is 5.97 Å². The molecule has 0 saturated carbocycles. The molecule has 0 saturated heterocycles. The smallest absolute Gasteiger partial charge is 0.371 e. The van der Waals surface area contributed by atoms with Crippen molar-refractivity contribution in [3.05, 3.63) is 59.5 Å². The van der Waals surface area contributed by atoms with Gasteiger partial charge in [-0.2, -0.15) is 0 Å². The molecule has 18 heavy (non-hydrogen) atoms. The largest absolute Gasteiger partial charge is 0.475 e. The van der Waals surface area contributed by atoms with Crippen LogP contribution in [0.3, 0.4) is 0 Å². The molecular weight excluding hydrogens is 232 g/mol. The van der Waals surface area contributed by atoms with Crippen molar-refractivity contribution in [1.29, 1.82) is 0 Å². The fraction of sp³-hybridized carbons (Fsp3) is 0.143. The van der Waals surface area contributed by atoms with E-state index in [2.05, 4.69) is 0 Å². The number of carbonyl (C=O) groups excluding carboxylic acids is 1. The number of aromatic carboxylic acids is 1. The van der Waals surface area contributed by atoms with Crippen LogP contribution in [0.25, 0.3) is 0 Å². The molecular formula is C14H12O4. The Hall–Kier alpha value is -2.36. The number of hydrogen-bond acceptors (Lipinski definition) is 3. The third kappa shape index (κ3) is 2.32. The molecule has 0 amide bonds. The minimum Gasteiger partial charge on any atom is -0.475 e. The van der Waals surface area contributed by atoms with E-state index in [0.717, 1.165) is 5.56 Å². The maximum Gasteiger partial charge on any atom is 0.371 e. The summed E-state index contributed by atoms with van der Waals surface area (Å²) in [7, 11) is 0. The highest BCUT2D eigenvalue weighted by atomic mass is 16.4. The van der Waals surface area contributed by atoms with E-state index in [-0.39, 0.29) is 23.2 Å². The molecule has 1 N–H and O–H groups in total. The number of carboxylic acid groups (broad SMARTS) is 1. The van der Waals surface area contributed by atoms with Gasteiger partial charge in [-0.3, -0.25) is 4.79 Å². The molecule has 1 heterocycles. The average Bonchev–Trinajstić information content (AvgIpc) is 2.88. The van der Waals surface area contributed by atoms with E-state index in [9.17, 15) is 9.59 Å². The van der Waals surface area contributed by atoms with E-state index in [1.807, 2.05) is 30.3 Å². The summed E-state index contributed by atoms with van der Waals surface area (Å²) in [5, 5.41) is 8.73. The SMILES string of the molecule is CC(C(=O)c1ccc(C(=O)O)o1)c1ccccc1. The summed E-state index contributed by atoms with van der Waals surface area (Å²) in [6.07, 6.45) is 0. The van der Waals surface area contributed by atoms with Gasteiger partial charge in [-0.05, 0) is 17.7 Å². The molecule has 0 fully saturated rings. The number of Topliss-reactive ketones (excluding diaryl/α,β-unsaturated/α-hetero) is 1. The van der Waals surface area contributed by atoms with Crippen LogP contribution in [-0.4, -0.2) is 16.9 Å². The Morgan fingerprint density at radius 3 is 2.22 bits per heavy atom. The van der Waals surface area contributed by atoms with Crippen LogP contribution in [0.5, 0.6) is 0 Å². The second kappa shape index (κ2) is 4.87. The number of benzene rings is 1. The van der Waals surface area contributed by atoms with Crippen molar-refractivity contribution in [2.24, 2.45) is 0 Å². The van der Waals surface area contributed by atoms with Gasteiger partial charge in [0.05, 0.1) is 0 Å². The zero-order valence-corrected chi connectivity index (χ0v) is 9.79. The monoisotopic (exact) mass is 244 g/mol. The number of carbonyl (C=O) groups is 2. The quantitative estimate of drug-likeness (QED) is 0.839. The van der Waals surface area contributed by atoms with Gasteiger partial charge < -0.3 is 9.52 Å². The second-order valence-corrected chi connectivity index (χ2v) is 3.97. The molecule has 1 aromatic heterocycles. The average molecular weight is 244 g/mol. The number of hydrogen-bond donors (Lipinski definition) is 1. The van der Waals surface area contributed by atoms with Crippen molar-refractivity contribution in [3.8, 4) is 0 Å². The zero-order chi connectivity index (χ0) is 13.1. The highest BCUT2D eigenvalue weighted by molar-refractivity contribution is 5.99. The minimum absolute atomic E-state index is 0.0729. The predicted octanol–water partition coefficient (Wildman–Crippen LogP) is 2.96. The molecule has 1 atom stereocenters. The third-order valence-corrected chi connectivity index (χ3v) is 2.75. The Bertz CT molecular complexity index is 568. The molecule has 0 bridgehead atoms. The predicted molar refractivity (Wildman–Crippen MR) is 64.9 cm³/mol. The molecule has 2 rings (SSSR count). The lowest BCUT2D eigenvalue weighted by Crippen LogP contribution is -2.08. The number of rotatable bonds is 4. The molecule has 2 aromatic rings. The van der Waals surface area contributed by atoms with Crippen LogP contribution in [0.4, 0.5) is 0 Å². The van der Waals surface area contributed by atoms with Crippen LogP contribution in [-0.2, 0) is 0 Å². The van der Waals surface area contributed by atoms with Gasteiger partial charge in [-0.25, -0.2) is 4.79 Å². The first-order valence-electron chi connectivity index (χ1n) is 5.52. The highest BCUT2D eigenvalue weighted by Crippen LogP contribution is 2.21. The van der Waals surface area contributed by atoms with Crippen molar-refractivity contribution in [2.75, 3.05) is 0 Å². The van der Waals surface area contributed by atoms with Gasteiger partial charge in [0.25, 0.3) is 0 Å². The van der Waals surface area contributed by atoms with Crippen molar-refractivity contribution < 1.29 is 19.1 Å². The molecule has 0 aliphatic rings. The molecule has 1 unspecified atom stereocenters.